The van der Waals surface area contributed by atoms with Crippen molar-refractivity contribution in [3.8, 4) is 0 Å². The van der Waals surface area contributed by atoms with Crippen LogP contribution in [0.4, 0.5) is 0 Å². The molecular weight excluding hydrogens is 311 g/mol. The number of hydrogen-bond donors (Lipinski definition) is 1. The van der Waals surface area contributed by atoms with E-state index < -0.39 is 4.67 Å². The van der Waals surface area contributed by atoms with Gasteiger partial charge in [-0.3, -0.25) is 0 Å². The molecule has 0 unspecified atom stereocenters. The molecule has 100 valence electrons. The fourth-order valence-electron chi connectivity index (χ4n) is 1.48. The van der Waals surface area contributed by atoms with Crippen LogP contribution in [0.1, 0.15) is 11.1 Å². The Balaban J connectivity index is 2.08. The summed E-state index contributed by atoms with van der Waals surface area (Å²) in [5.41, 5.74) is 2.42. The van der Waals surface area contributed by atoms with Gasteiger partial charge in [-0.1, -0.05) is 58.2 Å². The van der Waals surface area contributed by atoms with E-state index in [1.165, 1.54) is 33.9 Å². The molecule has 0 heterocycles. The fourth-order valence-corrected chi connectivity index (χ4v) is 8.44. The molecule has 0 aliphatic carbocycles. The zero-order valence-corrected chi connectivity index (χ0v) is 14.1. The minimum absolute atomic E-state index is 1.02. The van der Waals surface area contributed by atoms with Crippen LogP contribution in [0.15, 0.2) is 58.3 Å². The third-order valence-electron chi connectivity index (χ3n) is 2.48. The van der Waals surface area contributed by atoms with Crippen molar-refractivity contribution in [3.63, 3.8) is 0 Å². The Labute approximate surface area is 127 Å². The quantitative estimate of drug-likeness (QED) is 0.758. The Morgan fingerprint density at radius 3 is 1.42 bits per heavy atom. The Morgan fingerprint density at radius 1 is 0.789 bits per heavy atom. The number of aryl methyl sites for hydroxylation is 2. The summed E-state index contributed by atoms with van der Waals surface area (Å²) in [6.07, 6.45) is 0. The molecule has 0 saturated heterocycles. The second kappa shape index (κ2) is 6.47. The summed E-state index contributed by atoms with van der Waals surface area (Å²) in [6.45, 7) is 4.09. The van der Waals surface area contributed by atoms with Gasteiger partial charge >= 0.3 is 0 Å². The maximum Gasteiger partial charge on any atom is 0.181 e. The summed E-state index contributed by atoms with van der Waals surface area (Å²) in [5.74, 6) is 0. The molecule has 0 aromatic heterocycles. The minimum atomic E-state index is -2.50. The summed E-state index contributed by atoms with van der Waals surface area (Å²) in [7, 11) is 0. The van der Waals surface area contributed by atoms with E-state index in [9.17, 15) is 4.89 Å². The lowest BCUT2D eigenvalue weighted by Gasteiger charge is -2.14. The van der Waals surface area contributed by atoms with Gasteiger partial charge < -0.3 is 4.89 Å². The normalized spacial score (nSPS) is 11.5. The van der Waals surface area contributed by atoms with Gasteiger partial charge in [0.25, 0.3) is 0 Å². The molecular formula is C14H15OPS3. The van der Waals surface area contributed by atoms with Crippen molar-refractivity contribution in [2.75, 3.05) is 0 Å². The molecule has 0 saturated carbocycles. The molecule has 1 nitrogen and oxygen atoms in total. The summed E-state index contributed by atoms with van der Waals surface area (Å²) in [5, 5.41) is 0. The van der Waals surface area contributed by atoms with Crippen LogP contribution in [-0.2, 0) is 11.8 Å². The molecule has 19 heavy (non-hydrogen) atoms. The van der Waals surface area contributed by atoms with Crippen LogP contribution in [0.3, 0.4) is 0 Å². The van der Waals surface area contributed by atoms with Crippen molar-refractivity contribution in [1.29, 1.82) is 0 Å². The first-order chi connectivity index (χ1) is 8.94. The molecule has 0 aliphatic heterocycles. The van der Waals surface area contributed by atoms with Gasteiger partial charge in [-0.25, -0.2) is 0 Å². The first kappa shape index (κ1) is 15.1. The summed E-state index contributed by atoms with van der Waals surface area (Å²) < 4.78 is -2.50. The highest BCUT2D eigenvalue weighted by Gasteiger charge is 2.16. The molecule has 2 aromatic rings. The lowest BCUT2D eigenvalue weighted by atomic mass is 10.2. The molecule has 0 bridgehead atoms. The minimum Gasteiger partial charge on any atom is -0.349 e. The average Bonchev–Trinajstić information content (AvgIpc) is 2.34. The number of benzene rings is 2. The van der Waals surface area contributed by atoms with Gasteiger partial charge in [-0.2, -0.15) is 0 Å². The average molecular weight is 326 g/mol. The topological polar surface area (TPSA) is 20.2 Å². The molecule has 0 spiro atoms. The predicted octanol–water partition coefficient (Wildman–Crippen LogP) is 5.40. The molecule has 0 aliphatic rings. The molecule has 0 fully saturated rings. The lowest BCUT2D eigenvalue weighted by molar-refractivity contribution is 0.654. The van der Waals surface area contributed by atoms with Crippen molar-refractivity contribution < 1.29 is 4.89 Å². The van der Waals surface area contributed by atoms with E-state index in [1.54, 1.807) is 0 Å². The van der Waals surface area contributed by atoms with Crippen LogP contribution in [0.5, 0.6) is 0 Å². The SMILES string of the molecule is Cc1ccc(SP(O)(=S)Sc2ccc(C)cc2)cc1. The molecule has 5 heteroatoms. The Bertz CT molecular complexity index is 542. The van der Waals surface area contributed by atoms with Gasteiger partial charge in [0.1, 0.15) is 0 Å². The van der Waals surface area contributed by atoms with Crippen molar-refractivity contribution in [2.45, 2.75) is 23.6 Å². The second-order valence-corrected chi connectivity index (χ2v) is 14.5. The predicted molar refractivity (Wildman–Crippen MR) is 90.6 cm³/mol. The van der Waals surface area contributed by atoms with Gasteiger partial charge in [0.05, 0.1) is 0 Å². The molecule has 0 amide bonds. The highest BCUT2D eigenvalue weighted by atomic mass is 33.2. The second-order valence-electron chi connectivity index (χ2n) is 4.28. The summed E-state index contributed by atoms with van der Waals surface area (Å²) in [4.78, 5) is 12.5. The van der Waals surface area contributed by atoms with E-state index >= 15 is 0 Å². The van der Waals surface area contributed by atoms with E-state index in [-0.39, 0.29) is 0 Å². The van der Waals surface area contributed by atoms with E-state index in [0.717, 1.165) is 9.79 Å². The Hall–Kier alpha value is -0.250. The van der Waals surface area contributed by atoms with Crippen molar-refractivity contribution in [2.24, 2.45) is 0 Å². The fraction of sp³-hybridized carbons (Fsp3) is 0.143. The van der Waals surface area contributed by atoms with Gasteiger partial charge in [-0.15, -0.1) is 0 Å². The zero-order valence-electron chi connectivity index (χ0n) is 10.7. The van der Waals surface area contributed by atoms with Crippen LogP contribution < -0.4 is 0 Å². The van der Waals surface area contributed by atoms with Gasteiger partial charge in [0.2, 0.25) is 0 Å². The highest BCUT2D eigenvalue weighted by molar-refractivity contribution is 8.98. The third kappa shape index (κ3) is 4.97. The standard InChI is InChI=1S/C14H15OPS3/c1-11-3-7-13(8-4-11)18-16(15,17)19-14-9-5-12(2)6-10-14/h3-10H,1-2H3,(H,15,17). The molecule has 0 atom stereocenters. The Morgan fingerprint density at radius 2 is 1.11 bits per heavy atom. The van der Waals surface area contributed by atoms with E-state index in [2.05, 4.69) is 0 Å². The first-order valence-electron chi connectivity index (χ1n) is 5.80. The van der Waals surface area contributed by atoms with E-state index in [0.29, 0.717) is 0 Å². The van der Waals surface area contributed by atoms with Crippen LogP contribution in [-0.4, -0.2) is 4.89 Å². The van der Waals surface area contributed by atoms with Gasteiger partial charge in [-0.05, 0) is 49.9 Å². The summed E-state index contributed by atoms with van der Waals surface area (Å²) >= 11 is 8.16. The van der Waals surface area contributed by atoms with Crippen LogP contribution >= 0.6 is 27.4 Å². The highest BCUT2D eigenvalue weighted by Crippen LogP contribution is 2.70. The molecule has 0 radical (unpaired) electrons. The molecule has 2 rings (SSSR count). The summed E-state index contributed by atoms with van der Waals surface area (Å²) in [6, 6.07) is 16.2. The maximum atomic E-state index is 10.4. The monoisotopic (exact) mass is 326 g/mol. The first-order valence-corrected chi connectivity index (χ1v) is 11.4. The smallest absolute Gasteiger partial charge is 0.181 e. The largest absolute Gasteiger partial charge is 0.349 e. The third-order valence-corrected chi connectivity index (χ3v) is 9.24. The van der Waals surface area contributed by atoms with Crippen LogP contribution in [0.2, 0.25) is 0 Å². The van der Waals surface area contributed by atoms with Crippen LogP contribution in [0.25, 0.3) is 0 Å². The van der Waals surface area contributed by atoms with Crippen molar-refractivity contribution in [1.82, 2.24) is 0 Å². The van der Waals surface area contributed by atoms with Gasteiger partial charge in [0, 0.05) is 9.79 Å². The van der Waals surface area contributed by atoms with Crippen molar-refractivity contribution in [3.05, 3.63) is 59.7 Å². The molecule has 2 aromatic carbocycles. The number of rotatable bonds is 4. The van der Waals surface area contributed by atoms with E-state index in [4.69, 9.17) is 11.8 Å². The van der Waals surface area contributed by atoms with Gasteiger partial charge in [0.15, 0.2) is 4.67 Å². The number of hydrogen-bond acceptors (Lipinski definition) is 3. The van der Waals surface area contributed by atoms with Crippen molar-refractivity contribution >= 4 is 39.2 Å². The molecule has 1 N–H and O–H groups in total. The van der Waals surface area contributed by atoms with Crippen LogP contribution in [0, 0.1) is 13.8 Å². The lowest BCUT2D eigenvalue weighted by Crippen LogP contribution is -1.76. The zero-order chi connectivity index (χ0) is 13.9. The van der Waals surface area contributed by atoms with E-state index in [1.807, 2.05) is 62.4 Å². The Kier molecular flexibility index (Phi) is 5.15. The maximum absolute atomic E-state index is 10.4.